The minimum atomic E-state index is -0.401. The molecule has 0 saturated carbocycles. The lowest BCUT2D eigenvalue weighted by molar-refractivity contribution is -0.119. The lowest BCUT2D eigenvalue weighted by Gasteiger charge is -2.23. The van der Waals surface area contributed by atoms with Gasteiger partial charge in [0.2, 0.25) is 5.91 Å². The molecule has 4 N–H and O–H groups in total. The van der Waals surface area contributed by atoms with Crippen molar-refractivity contribution in [1.29, 1.82) is 5.41 Å². The van der Waals surface area contributed by atoms with E-state index in [0.717, 1.165) is 58.0 Å². The van der Waals surface area contributed by atoms with E-state index < -0.39 is 6.04 Å². The standard InChI is InChI=1S/C26H31N7O/c1-16-18-7-4-5-8-20(18)30-24-23(16)19-15-17(10-11-21(19)32(24)14-13-31(2)3)29-25(34)22-9-6-12-33(22)26(27)28/h4-5,7-8,10-11,15,22H,6,9,12-14H2,1-3H3,(H3,27,28)(H,29,34)/t22-/m0/s1. The third-order valence-corrected chi connectivity index (χ3v) is 6.85. The molecular formula is C26H31N7O. The molecule has 0 aliphatic carbocycles. The molecule has 0 bridgehead atoms. The minimum absolute atomic E-state index is 0.0503. The first-order chi connectivity index (χ1) is 16.3. The molecule has 0 spiro atoms. The predicted molar refractivity (Wildman–Crippen MR) is 138 cm³/mol. The number of likely N-dealkylation sites (N-methyl/N-ethyl adjacent to an activating group) is 1. The molecule has 176 valence electrons. The van der Waals surface area contributed by atoms with Gasteiger partial charge < -0.3 is 25.4 Å². The minimum Gasteiger partial charge on any atom is -0.370 e. The Hall–Kier alpha value is -3.65. The number of nitrogens with two attached hydrogens (primary N) is 1. The molecule has 8 nitrogen and oxygen atoms in total. The van der Waals surface area contributed by atoms with Crippen LogP contribution in [-0.4, -0.2) is 64.4 Å². The van der Waals surface area contributed by atoms with Gasteiger partial charge in [0, 0.05) is 41.5 Å². The quantitative estimate of drug-likeness (QED) is 0.314. The second-order valence-corrected chi connectivity index (χ2v) is 9.37. The first-order valence-corrected chi connectivity index (χ1v) is 11.7. The van der Waals surface area contributed by atoms with Gasteiger partial charge in [-0.3, -0.25) is 10.2 Å². The number of nitrogens with zero attached hydrogens (tertiary/aromatic N) is 4. The lowest BCUT2D eigenvalue weighted by Crippen LogP contribution is -2.46. The Morgan fingerprint density at radius 1 is 1.24 bits per heavy atom. The Morgan fingerprint density at radius 2 is 2.03 bits per heavy atom. The van der Waals surface area contributed by atoms with Gasteiger partial charge in [0.15, 0.2) is 5.96 Å². The Morgan fingerprint density at radius 3 is 2.79 bits per heavy atom. The van der Waals surface area contributed by atoms with Gasteiger partial charge in [-0.15, -0.1) is 0 Å². The van der Waals surface area contributed by atoms with Crippen molar-refractivity contribution in [3.8, 4) is 0 Å². The third kappa shape index (κ3) is 3.74. The average molecular weight is 458 g/mol. The number of para-hydroxylation sites is 1. The van der Waals surface area contributed by atoms with E-state index in [1.54, 1.807) is 4.90 Å². The summed E-state index contributed by atoms with van der Waals surface area (Å²) in [6, 6.07) is 13.9. The number of likely N-dealkylation sites (tertiary alicyclic amines) is 1. The summed E-state index contributed by atoms with van der Waals surface area (Å²) in [5.74, 6) is -0.172. The van der Waals surface area contributed by atoms with Gasteiger partial charge in [-0.25, -0.2) is 4.98 Å². The maximum absolute atomic E-state index is 13.0. The number of hydrogen-bond acceptors (Lipinski definition) is 4. The molecule has 1 fully saturated rings. The largest absolute Gasteiger partial charge is 0.370 e. The van der Waals surface area contributed by atoms with Crippen LogP contribution < -0.4 is 11.1 Å². The predicted octanol–water partition coefficient (Wildman–Crippen LogP) is 3.51. The summed E-state index contributed by atoms with van der Waals surface area (Å²) in [5, 5.41) is 14.2. The summed E-state index contributed by atoms with van der Waals surface area (Å²) in [4.78, 5) is 21.9. The van der Waals surface area contributed by atoms with Gasteiger partial charge in [-0.05, 0) is 63.7 Å². The fraction of sp³-hybridized carbons (Fsp3) is 0.346. The number of aryl methyl sites for hydroxylation is 1. The molecule has 34 heavy (non-hydrogen) atoms. The zero-order valence-electron chi connectivity index (χ0n) is 19.9. The van der Waals surface area contributed by atoms with E-state index in [-0.39, 0.29) is 11.9 Å². The van der Waals surface area contributed by atoms with Crippen molar-refractivity contribution >= 4 is 50.4 Å². The molecule has 2 aromatic carbocycles. The first kappa shape index (κ1) is 22.2. The van der Waals surface area contributed by atoms with Gasteiger partial charge in [0.25, 0.3) is 0 Å². The fourth-order valence-electron chi connectivity index (χ4n) is 5.12. The van der Waals surface area contributed by atoms with Crippen LogP contribution in [0, 0.1) is 12.3 Å². The van der Waals surface area contributed by atoms with Crippen LogP contribution in [0.1, 0.15) is 18.4 Å². The number of anilines is 1. The number of hydrogen-bond donors (Lipinski definition) is 3. The maximum Gasteiger partial charge on any atom is 0.247 e. The van der Waals surface area contributed by atoms with Crippen LogP contribution in [-0.2, 0) is 11.3 Å². The van der Waals surface area contributed by atoms with Gasteiger partial charge in [-0.1, -0.05) is 18.2 Å². The Labute approximate surface area is 198 Å². The Kier molecular flexibility index (Phi) is 5.61. The SMILES string of the molecule is Cc1c2ccccc2nc2c1c1cc(NC(=O)[C@@H]3CCCN3C(=N)N)ccc1n2CCN(C)C. The number of fused-ring (bicyclic) bond motifs is 4. The molecule has 2 aromatic heterocycles. The number of benzene rings is 2. The molecule has 0 unspecified atom stereocenters. The van der Waals surface area contributed by atoms with Gasteiger partial charge >= 0.3 is 0 Å². The summed E-state index contributed by atoms with van der Waals surface area (Å²) >= 11 is 0. The van der Waals surface area contributed by atoms with Gasteiger partial charge in [0.05, 0.1) is 11.0 Å². The van der Waals surface area contributed by atoms with Crippen LogP contribution in [0.5, 0.6) is 0 Å². The molecule has 4 aromatic rings. The van der Waals surface area contributed by atoms with Crippen LogP contribution in [0.2, 0.25) is 0 Å². The van der Waals surface area contributed by atoms with Crippen molar-refractivity contribution in [2.45, 2.75) is 32.4 Å². The van der Waals surface area contributed by atoms with Crippen LogP contribution in [0.4, 0.5) is 5.69 Å². The van der Waals surface area contributed by atoms with E-state index in [2.05, 4.69) is 60.1 Å². The number of carbonyl (C=O) groups is 1. The molecule has 0 radical (unpaired) electrons. The average Bonchev–Trinajstić information content (AvgIpc) is 3.41. The highest BCUT2D eigenvalue weighted by atomic mass is 16.2. The van der Waals surface area contributed by atoms with Gasteiger partial charge in [-0.2, -0.15) is 0 Å². The topological polar surface area (TPSA) is 103 Å². The molecule has 1 atom stereocenters. The van der Waals surface area contributed by atoms with E-state index in [1.807, 2.05) is 18.2 Å². The summed E-state index contributed by atoms with van der Waals surface area (Å²) in [5.41, 5.74) is 10.7. The highest BCUT2D eigenvalue weighted by Crippen LogP contribution is 2.35. The van der Waals surface area contributed by atoms with Crippen LogP contribution in [0.3, 0.4) is 0 Å². The molecule has 1 amide bonds. The molecule has 1 saturated heterocycles. The molecule has 1 aliphatic heterocycles. The molecule has 1 aliphatic rings. The van der Waals surface area contributed by atoms with E-state index in [1.165, 1.54) is 5.56 Å². The maximum atomic E-state index is 13.0. The van der Waals surface area contributed by atoms with Crippen molar-refractivity contribution in [2.24, 2.45) is 5.73 Å². The number of rotatable bonds is 5. The molecule has 8 heteroatoms. The van der Waals surface area contributed by atoms with E-state index >= 15 is 0 Å². The molecular weight excluding hydrogens is 426 g/mol. The number of amides is 1. The summed E-state index contributed by atoms with van der Waals surface area (Å²) in [6.45, 7) is 4.51. The first-order valence-electron chi connectivity index (χ1n) is 11.7. The van der Waals surface area contributed by atoms with Crippen molar-refractivity contribution in [2.75, 3.05) is 32.5 Å². The summed E-state index contributed by atoms with van der Waals surface area (Å²) in [6.07, 6.45) is 1.56. The smallest absolute Gasteiger partial charge is 0.247 e. The number of aromatic nitrogens is 2. The van der Waals surface area contributed by atoms with Crippen molar-refractivity contribution in [1.82, 2.24) is 19.4 Å². The van der Waals surface area contributed by atoms with E-state index in [4.69, 9.17) is 16.1 Å². The molecule has 5 rings (SSSR count). The highest BCUT2D eigenvalue weighted by molar-refractivity contribution is 6.14. The number of pyridine rings is 1. The third-order valence-electron chi connectivity index (χ3n) is 6.85. The van der Waals surface area contributed by atoms with Crippen molar-refractivity contribution in [3.05, 3.63) is 48.0 Å². The van der Waals surface area contributed by atoms with Gasteiger partial charge in [0.1, 0.15) is 11.7 Å². The monoisotopic (exact) mass is 457 g/mol. The van der Waals surface area contributed by atoms with E-state index in [0.29, 0.717) is 13.0 Å². The normalized spacial score (nSPS) is 16.2. The number of nitrogens with one attached hydrogen (secondary N) is 2. The highest BCUT2D eigenvalue weighted by Gasteiger charge is 2.31. The zero-order valence-corrected chi connectivity index (χ0v) is 19.9. The van der Waals surface area contributed by atoms with Crippen molar-refractivity contribution < 1.29 is 4.79 Å². The summed E-state index contributed by atoms with van der Waals surface area (Å²) < 4.78 is 2.28. The lowest BCUT2D eigenvalue weighted by atomic mass is 10.0. The Balaban J connectivity index is 1.62. The fourth-order valence-corrected chi connectivity index (χ4v) is 5.12. The van der Waals surface area contributed by atoms with Crippen LogP contribution >= 0.6 is 0 Å². The number of guanidine groups is 1. The van der Waals surface area contributed by atoms with E-state index in [9.17, 15) is 4.79 Å². The summed E-state index contributed by atoms with van der Waals surface area (Å²) in [7, 11) is 4.14. The Bertz CT molecular complexity index is 1420. The second-order valence-electron chi connectivity index (χ2n) is 9.37. The van der Waals surface area contributed by atoms with Crippen molar-refractivity contribution in [3.63, 3.8) is 0 Å². The van der Waals surface area contributed by atoms with Crippen LogP contribution in [0.25, 0.3) is 32.8 Å². The number of carbonyl (C=O) groups excluding carboxylic acids is 1. The second kappa shape index (κ2) is 8.61. The van der Waals surface area contributed by atoms with Crippen LogP contribution in [0.15, 0.2) is 42.5 Å². The molecule has 3 heterocycles. The zero-order chi connectivity index (χ0) is 24.0.